The first-order valence-electron chi connectivity index (χ1n) is 6.35. The van der Waals surface area contributed by atoms with Crippen LogP contribution in [0.2, 0.25) is 0 Å². The zero-order chi connectivity index (χ0) is 13.7. The first-order chi connectivity index (χ1) is 9.24. The van der Waals surface area contributed by atoms with E-state index in [2.05, 4.69) is 0 Å². The molecule has 2 unspecified atom stereocenters. The van der Waals surface area contributed by atoms with Crippen molar-refractivity contribution in [1.82, 2.24) is 0 Å². The number of rotatable bonds is 5. The molecule has 2 rings (SSSR count). The Morgan fingerprint density at radius 2 is 1.47 bits per heavy atom. The molecule has 0 bridgehead atoms. The lowest BCUT2D eigenvalue weighted by Crippen LogP contribution is -2.20. The Morgan fingerprint density at radius 1 is 0.842 bits per heavy atom. The number of benzene rings is 2. The Labute approximate surface area is 112 Å². The molecule has 0 heterocycles. The second-order valence-corrected chi connectivity index (χ2v) is 4.48. The van der Waals surface area contributed by atoms with E-state index in [-0.39, 0.29) is 13.0 Å². The molecule has 100 valence electrons. The molecule has 19 heavy (non-hydrogen) atoms. The number of hydrogen-bond donors (Lipinski definition) is 3. The van der Waals surface area contributed by atoms with E-state index < -0.39 is 12.2 Å². The summed E-state index contributed by atoms with van der Waals surface area (Å²) in [6, 6.07) is 17.2. The first kappa shape index (κ1) is 13.7. The zero-order valence-electron chi connectivity index (χ0n) is 10.6. The second kappa shape index (κ2) is 6.48. The van der Waals surface area contributed by atoms with Crippen molar-refractivity contribution in [2.45, 2.75) is 18.6 Å². The molecule has 0 spiro atoms. The molecule has 3 nitrogen and oxygen atoms in total. The standard InChI is InChI=1S/C16H18O3/c17-11-10-15(18)16(19)14-9-5-4-8-13(14)12-6-2-1-3-7-12/h1-9,15-19H,10-11H2. The van der Waals surface area contributed by atoms with Crippen LogP contribution in [0.3, 0.4) is 0 Å². The molecular formula is C16H18O3. The zero-order valence-corrected chi connectivity index (χ0v) is 10.6. The van der Waals surface area contributed by atoms with Crippen LogP contribution >= 0.6 is 0 Å². The van der Waals surface area contributed by atoms with E-state index in [1.165, 1.54) is 0 Å². The van der Waals surface area contributed by atoms with Gasteiger partial charge in [0.25, 0.3) is 0 Å². The van der Waals surface area contributed by atoms with E-state index in [1.807, 2.05) is 48.5 Å². The van der Waals surface area contributed by atoms with Crippen LogP contribution in [0.4, 0.5) is 0 Å². The van der Waals surface area contributed by atoms with Gasteiger partial charge in [-0.05, 0) is 23.1 Å². The Hall–Kier alpha value is -1.68. The van der Waals surface area contributed by atoms with Gasteiger partial charge in [-0.25, -0.2) is 0 Å². The van der Waals surface area contributed by atoms with Crippen LogP contribution in [-0.4, -0.2) is 28.0 Å². The van der Waals surface area contributed by atoms with Crippen molar-refractivity contribution in [2.24, 2.45) is 0 Å². The molecule has 0 saturated carbocycles. The van der Waals surface area contributed by atoms with Crippen molar-refractivity contribution in [3.05, 3.63) is 60.2 Å². The molecule has 3 heteroatoms. The van der Waals surface area contributed by atoms with Crippen LogP contribution in [0.15, 0.2) is 54.6 Å². The highest BCUT2D eigenvalue weighted by Gasteiger charge is 2.20. The SMILES string of the molecule is OCCC(O)C(O)c1ccccc1-c1ccccc1. The summed E-state index contributed by atoms with van der Waals surface area (Å²) in [7, 11) is 0. The van der Waals surface area contributed by atoms with E-state index in [9.17, 15) is 10.2 Å². The monoisotopic (exact) mass is 258 g/mol. The van der Waals surface area contributed by atoms with E-state index in [4.69, 9.17) is 5.11 Å². The maximum atomic E-state index is 10.2. The van der Waals surface area contributed by atoms with Crippen molar-refractivity contribution in [1.29, 1.82) is 0 Å². The van der Waals surface area contributed by atoms with Gasteiger partial charge >= 0.3 is 0 Å². The van der Waals surface area contributed by atoms with Gasteiger partial charge in [0.15, 0.2) is 0 Å². The third kappa shape index (κ3) is 3.20. The summed E-state index contributed by atoms with van der Waals surface area (Å²) in [5.74, 6) is 0. The van der Waals surface area contributed by atoms with Crippen molar-refractivity contribution in [3.8, 4) is 11.1 Å². The Balaban J connectivity index is 2.36. The lowest BCUT2D eigenvalue weighted by molar-refractivity contribution is 0.00451. The molecule has 3 N–H and O–H groups in total. The van der Waals surface area contributed by atoms with Crippen LogP contribution in [-0.2, 0) is 0 Å². The largest absolute Gasteiger partial charge is 0.396 e. The van der Waals surface area contributed by atoms with Gasteiger partial charge in [0, 0.05) is 6.61 Å². The summed E-state index contributed by atoms with van der Waals surface area (Å²) in [6.45, 7) is -0.147. The van der Waals surface area contributed by atoms with Crippen LogP contribution in [0.25, 0.3) is 11.1 Å². The lowest BCUT2D eigenvalue weighted by atomic mass is 9.93. The molecule has 0 aliphatic rings. The first-order valence-corrected chi connectivity index (χ1v) is 6.35. The fourth-order valence-corrected chi connectivity index (χ4v) is 2.13. The molecule has 2 aromatic carbocycles. The number of aliphatic hydroxyl groups excluding tert-OH is 3. The van der Waals surface area contributed by atoms with Gasteiger partial charge in [-0.3, -0.25) is 0 Å². The minimum Gasteiger partial charge on any atom is -0.396 e. The number of hydrogen-bond acceptors (Lipinski definition) is 3. The van der Waals surface area contributed by atoms with Gasteiger partial charge in [-0.15, -0.1) is 0 Å². The Morgan fingerprint density at radius 3 is 2.16 bits per heavy atom. The van der Waals surface area contributed by atoms with Gasteiger partial charge in [0.2, 0.25) is 0 Å². The normalized spacial score (nSPS) is 14.1. The van der Waals surface area contributed by atoms with Crippen molar-refractivity contribution in [3.63, 3.8) is 0 Å². The minimum atomic E-state index is -0.997. The fraction of sp³-hybridized carbons (Fsp3) is 0.250. The quantitative estimate of drug-likeness (QED) is 0.770. The van der Waals surface area contributed by atoms with Crippen LogP contribution in [0.1, 0.15) is 18.1 Å². The Bertz CT molecular complexity index is 510. The van der Waals surface area contributed by atoms with Crippen LogP contribution in [0.5, 0.6) is 0 Å². The van der Waals surface area contributed by atoms with Crippen molar-refractivity contribution < 1.29 is 15.3 Å². The van der Waals surface area contributed by atoms with Gasteiger partial charge in [0.1, 0.15) is 6.10 Å². The molecular weight excluding hydrogens is 240 g/mol. The third-order valence-corrected chi connectivity index (χ3v) is 3.15. The highest BCUT2D eigenvalue weighted by Crippen LogP contribution is 2.30. The van der Waals surface area contributed by atoms with E-state index in [0.717, 1.165) is 11.1 Å². The summed E-state index contributed by atoms with van der Waals surface area (Å²) in [5.41, 5.74) is 2.57. The highest BCUT2D eigenvalue weighted by atomic mass is 16.3. The molecule has 0 aromatic heterocycles. The molecule has 0 aliphatic carbocycles. The predicted molar refractivity (Wildman–Crippen MR) is 74.5 cm³/mol. The van der Waals surface area contributed by atoms with Gasteiger partial charge in [0.05, 0.1) is 6.10 Å². The van der Waals surface area contributed by atoms with Gasteiger partial charge < -0.3 is 15.3 Å². The van der Waals surface area contributed by atoms with Crippen LogP contribution < -0.4 is 0 Å². The summed E-state index contributed by atoms with van der Waals surface area (Å²) in [5, 5.41) is 28.9. The summed E-state index contributed by atoms with van der Waals surface area (Å²) >= 11 is 0. The summed E-state index contributed by atoms with van der Waals surface area (Å²) in [6.07, 6.45) is -1.80. The molecule has 0 aliphatic heterocycles. The molecule has 0 radical (unpaired) electrons. The molecule has 0 amide bonds. The maximum absolute atomic E-state index is 10.2. The predicted octanol–water partition coefficient (Wildman–Crippen LogP) is 2.13. The summed E-state index contributed by atoms with van der Waals surface area (Å²) < 4.78 is 0. The maximum Gasteiger partial charge on any atom is 0.106 e. The van der Waals surface area contributed by atoms with Crippen molar-refractivity contribution >= 4 is 0 Å². The minimum absolute atomic E-state index is 0.147. The molecule has 0 saturated heterocycles. The topological polar surface area (TPSA) is 60.7 Å². The Kier molecular flexibility index (Phi) is 4.68. The second-order valence-electron chi connectivity index (χ2n) is 4.48. The van der Waals surface area contributed by atoms with Gasteiger partial charge in [-0.2, -0.15) is 0 Å². The van der Waals surface area contributed by atoms with E-state index in [0.29, 0.717) is 5.56 Å². The van der Waals surface area contributed by atoms with Crippen LogP contribution in [0, 0.1) is 0 Å². The smallest absolute Gasteiger partial charge is 0.106 e. The molecule has 2 aromatic rings. The van der Waals surface area contributed by atoms with E-state index in [1.54, 1.807) is 6.07 Å². The number of aliphatic hydroxyl groups is 3. The molecule has 2 atom stereocenters. The van der Waals surface area contributed by atoms with E-state index >= 15 is 0 Å². The van der Waals surface area contributed by atoms with Crippen molar-refractivity contribution in [2.75, 3.05) is 6.61 Å². The average Bonchev–Trinajstić information content (AvgIpc) is 2.47. The highest BCUT2D eigenvalue weighted by molar-refractivity contribution is 5.67. The summed E-state index contributed by atoms with van der Waals surface area (Å²) in [4.78, 5) is 0. The average molecular weight is 258 g/mol. The lowest BCUT2D eigenvalue weighted by Gasteiger charge is -2.20. The fourth-order valence-electron chi connectivity index (χ4n) is 2.13. The third-order valence-electron chi connectivity index (χ3n) is 3.15. The molecule has 0 fully saturated rings. The van der Waals surface area contributed by atoms with Gasteiger partial charge in [-0.1, -0.05) is 54.6 Å².